The van der Waals surface area contributed by atoms with Crippen molar-refractivity contribution in [3.05, 3.63) is 40.6 Å². The van der Waals surface area contributed by atoms with Crippen molar-refractivity contribution >= 4 is 21.7 Å². The molecule has 0 unspecified atom stereocenters. The second kappa shape index (κ2) is 5.14. The zero-order chi connectivity index (χ0) is 12.3. The lowest BCUT2D eigenvalue weighted by Gasteiger charge is -2.08. The molecule has 1 heterocycles. The SMILES string of the molecule is CNc1cc(Oc2ccc(C)cc2Br)ncn1. The maximum absolute atomic E-state index is 5.67. The van der Waals surface area contributed by atoms with E-state index < -0.39 is 0 Å². The molecule has 0 aliphatic carbocycles. The molecule has 1 N–H and O–H groups in total. The lowest BCUT2D eigenvalue weighted by Crippen LogP contribution is -1.95. The fourth-order valence-corrected chi connectivity index (χ4v) is 1.91. The number of aryl methyl sites for hydroxylation is 1. The first-order valence-electron chi connectivity index (χ1n) is 5.13. The average Bonchev–Trinajstić information content (AvgIpc) is 2.33. The third-order valence-corrected chi connectivity index (χ3v) is 2.82. The number of nitrogens with zero attached hydrogens (tertiary/aromatic N) is 2. The fraction of sp³-hybridized carbons (Fsp3) is 0.167. The molecule has 0 aliphatic heterocycles. The standard InChI is InChI=1S/C12H12BrN3O/c1-8-3-4-10(9(13)5-8)17-12-6-11(14-2)15-7-16-12/h3-7H,1-2H3,(H,14,15,16). The van der Waals surface area contributed by atoms with E-state index in [2.05, 4.69) is 31.2 Å². The molecule has 2 aromatic rings. The molecule has 0 saturated carbocycles. The van der Waals surface area contributed by atoms with Crippen LogP contribution in [0.5, 0.6) is 11.6 Å². The Kier molecular flexibility index (Phi) is 3.58. The average molecular weight is 294 g/mol. The quantitative estimate of drug-likeness (QED) is 0.942. The van der Waals surface area contributed by atoms with E-state index in [1.807, 2.05) is 25.1 Å². The highest BCUT2D eigenvalue weighted by atomic mass is 79.9. The molecule has 0 radical (unpaired) electrons. The van der Waals surface area contributed by atoms with E-state index >= 15 is 0 Å². The molecule has 0 saturated heterocycles. The second-order valence-electron chi connectivity index (χ2n) is 3.53. The molecule has 0 amide bonds. The van der Waals surface area contributed by atoms with Gasteiger partial charge in [0, 0.05) is 13.1 Å². The van der Waals surface area contributed by atoms with Crippen LogP contribution in [-0.2, 0) is 0 Å². The van der Waals surface area contributed by atoms with Crippen molar-refractivity contribution in [1.82, 2.24) is 9.97 Å². The van der Waals surface area contributed by atoms with Crippen molar-refractivity contribution in [3.8, 4) is 11.6 Å². The highest BCUT2D eigenvalue weighted by Crippen LogP contribution is 2.29. The summed E-state index contributed by atoms with van der Waals surface area (Å²) in [4.78, 5) is 8.07. The number of halogens is 1. The molecule has 5 heteroatoms. The smallest absolute Gasteiger partial charge is 0.224 e. The number of aromatic nitrogens is 2. The summed E-state index contributed by atoms with van der Waals surface area (Å²) in [5.41, 5.74) is 1.17. The highest BCUT2D eigenvalue weighted by Gasteiger charge is 2.04. The van der Waals surface area contributed by atoms with E-state index in [0.29, 0.717) is 5.88 Å². The van der Waals surface area contributed by atoms with Crippen molar-refractivity contribution < 1.29 is 4.74 Å². The molecule has 1 aromatic heterocycles. The molecule has 1 aromatic carbocycles. The number of rotatable bonds is 3. The van der Waals surface area contributed by atoms with Gasteiger partial charge in [-0.2, -0.15) is 0 Å². The number of nitrogens with one attached hydrogen (secondary N) is 1. The Balaban J connectivity index is 2.25. The van der Waals surface area contributed by atoms with E-state index in [1.165, 1.54) is 11.9 Å². The van der Waals surface area contributed by atoms with Gasteiger partial charge in [-0.3, -0.25) is 0 Å². The van der Waals surface area contributed by atoms with Crippen LogP contribution >= 0.6 is 15.9 Å². The minimum Gasteiger partial charge on any atom is -0.438 e. The van der Waals surface area contributed by atoms with Gasteiger partial charge in [0.2, 0.25) is 5.88 Å². The molecule has 0 fully saturated rings. The van der Waals surface area contributed by atoms with Gasteiger partial charge in [0.1, 0.15) is 17.9 Å². The third kappa shape index (κ3) is 2.94. The van der Waals surface area contributed by atoms with Crippen molar-refractivity contribution in [3.63, 3.8) is 0 Å². The molecule has 0 aliphatic rings. The molecule has 88 valence electrons. The van der Waals surface area contributed by atoms with Crippen LogP contribution in [0.2, 0.25) is 0 Å². The predicted molar refractivity (Wildman–Crippen MR) is 70.5 cm³/mol. The first kappa shape index (κ1) is 11.9. The van der Waals surface area contributed by atoms with Crippen molar-refractivity contribution in [2.75, 3.05) is 12.4 Å². The monoisotopic (exact) mass is 293 g/mol. The summed E-state index contributed by atoms with van der Waals surface area (Å²) in [5.74, 6) is 1.96. The van der Waals surface area contributed by atoms with Gasteiger partial charge in [-0.05, 0) is 40.5 Å². The molecule has 17 heavy (non-hydrogen) atoms. The van der Waals surface area contributed by atoms with Crippen molar-refractivity contribution in [2.45, 2.75) is 6.92 Å². The number of benzene rings is 1. The maximum Gasteiger partial charge on any atom is 0.224 e. The van der Waals surface area contributed by atoms with Crippen molar-refractivity contribution in [2.24, 2.45) is 0 Å². The largest absolute Gasteiger partial charge is 0.438 e. The number of anilines is 1. The summed E-state index contributed by atoms with van der Waals surface area (Å²) in [6.45, 7) is 2.03. The van der Waals surface area contributed by atoms with Gasteiger partial charge in [-0.1, -0.05) is 6.07 Å². The molecule has 0 bridgehead atoms. The summed E-state index contributed by atoms with van der Waals surface area (Å²) in [6, 6.07) is 7.63. The number of ether oxygens (including phenoxy) is 1. The molecule has 0 atom stereocenters. The summed E-state index contributed by atoms with van der Waals surface area (Å²) in [7, 11) is 1.80. The summed E-state index contributed by atoms with van der Waals surface area (Å²) in [6.07, 6.45) is 1.46. The first-order valence-corrected chi connectivity index (χ1v) is 5.92. The van der Waals surface area contributed by atoms with Crippen LogP contribution in [-0.4, -0.2) is 17.0 Å². The fourth-order valence-electron chi connectivity index (χ4n) is 1.33. The van der Waals surface area contributed by atoms with E-state index in [1.54, 1.807) is 13.1 Å². The summed E-state index contributed by atoms with van der Waals surface area (Å²) >= 11 is 3.46. The number of hydrogen-bond acceptors (Lipinski definition) is 4. The van der Waals surface area contributed by atoms with E-state index in [4.69, 9.17) is 4.74 Å². The van der Waals surface area contributed by atoms with Gasteiger partial charge >= 0.3 is 0 Å². The topological polar surface area (TPSA) is 47.0 Å². The lowest BCUT2D eigenvalue weighted by atomic mass is 10.2. The Morgan fingerprint density at radius 3 is 2.76 bits per heavy atom. The van der Waals surface area contributed by atoms with Crippen molar-refractivity contribution in [1.29, 1.82) is 0 Å². The third-order valence-electron chi connectivity index (χ3n) is 2.20. The van der Waals surface area contributed by atoms with Gasteiger partial charge in [0.15, 0.2) is 0 Å². The van der Waals surface area contributed by atoms with E-state index in [-0.39, 0.29) is 0 Å². The Morgan fingerprint density at radius 2 is 2.06 bits per heavy atom. The van der Waals surface area contributed by atoms with E-state index in [0.717, 1.165) is 16.0 Å². The highest BCUT2D eigenvalue weighted by molar-refractivity contribution is 9.10. The molecule has 0 spiro atoms. The van der Waals surface area contributed by atoms with Gasteiger partial charge in [0.05, 0.1) is 4.47 Å². The minimum atomic E-state index is 0.508. The van der Waals surface area contributed by atoms with Gasteiger partial charge in [-0.25, -0.2) is 9.97 Å². The van der Waals surface area contributed by atoms with Crippen LogP contribution in [0.4, 0.5) is 5.82 Å². The zero-order valence-corrected chi connectivity index (χ0v) is 11.2. The van der Waals surface area contributed by atoms with Crippen LogP contribution < -0.4 is 10.1 Å². The minimum absolute atomic E-state index is 0.508. The van der Waals surface area contributed by atoms with Crippen LogP contribution in [0, 0.1) is 6.92 Å². The Labute approximate surface area is 108 Å². The molecule has 4 nitrogen and oxygen atoms in total. The van der Waals surface area contributed by atoms with Crippen LogP contribution in [0.15, 0.2) is 35.1 Å². The van der Waals surface area contributed by atoms with Crippen LogP contribution in [0.25, 0.3) is 0 Å². The normalized spacial score (nSPS) is 10.1. The molecule has 2 rings (SSSR count). The number of hydrogen-bond donors (Lipinski definition) is 1. The second-order valence-corrected chi connectivity index (χ2v) is 4.38. The first-order chi connectivity index (χ1) is 8.19. The summed E-state index contributed by atoms with van der Waals surface area (Å²) in [5, 5.41) is 2.93. The van der Waals surface area contributed by atoms with Crippen LogP contribution in [0.3, 0.4) is 0 Å². The molecular formula is C12H12BrN3O. The maximum atomic E-state index is 5.67. The Morgan fingerprint density at radius 1 is 1.24 bits per heavy atom. The Bertz CT molecular complexity index is 531. The summed E-state index contributed by atoms with van der Waals surface area (Å²) < 4.78 is 6.57. The van der Waals surface area contributed by atoms with Crippen LogP contribution in [0.1, 0.15) is 5.56 Å². The van der Waals surface area contributed by atoms with Gasteiger partial charge < -0.3 is 10.1 Å². The van der Waals surface area contributed by atoms with Gasteiger partial charge in [0.25, 0.3) is 0 Å². The van der Waals surface area contributed by atoms with E-state index in [9.17, 15) is 0 Å². The zero-order valence-electron chi connectivity index (χ0n) is 9.57. The lowest BCUT2D eigenvalue weighted by molar-refractivity contribution is 0.459. The van der Waals surface area contributed by atoms with Gasteiger partial charge in [-0.15, -0.1) is 0 Å². The predicted octanol–water partition coefficient (Wildman–Crippen LogP) is 3.38. The molecular weight excluding hydrogens is 282 g/mol. The Hall–Kier alpha value is -1.62.